The van der Waals surface area contributed by atoms with Crippen molar-refractivity contribution in [2.75, 3.05) is 20.6 Å². The predicted molar refractivity (Wildman–Crippen MR) is 62.7 cm³/mol. The predicted octanol–water partition coefficient (Wildman–Crippen LogP) is 1.49. The van der Waals surface area contributed by atoms with Crippen molar-refractivity contribution >= 4 is 5.91 Å². The maximum atomic E-state index is 11.3. The summed E-state index contributed by atoms with van der Waals surface area (Å²) in [4.78, 5) is 12.9. The molecule has 0 radical (unpaired) electrons. The van der Waals surface area contributed by atoms with Gasteiger partial charge in [0.2, 0.25) is 5.91 Å². The maximum absolute atomic E-state index is 11.3. The van der Waals surface area contributed by atoms with Crippen molar-refractivity contribution in [3.05, 3.63) is 0 Å². The molecule has 1 amide bonds. The maximum Gasteiger partial charge on any atom is 0.223 e. The second-order valence-electron chi connectivity index (χ2n) is 5.16. The van der Waals surface area contributed by atoms with E-state index in [4.69, 9.17) is 0 Å². The minimum absolute atomic E-state index is 0.210. The number of amides is 1. The van der Waals surface area contributed by atoms with Crippen LogP contribution < -0.4 is 5.32 Å². The zero-order valence-electron chi connectivity index (χ0n) is 10.4. The molecule has 1 aliphatic rings. The number of hydrogen-bond donors (Lipinski definition) is 1. The number of carbonyl (C=O) groups is 1. The molecule has 0 unspecified atom stereocenters. The summed E-state index contributed by atoms with van der Waals surface area (Å²) in [6, 6.07) is 0.660. The summed E-state index contributed by atoms with van der Waals surface area (Å²) in [6.07, 6.45) is 3.19. The van der Waals surface area contributed by atoms with Gasteiger partial charge in [-0.15, -0.1) is 0 Å². The van der Waals surface area contributed by atoms with Crippen molar-refractivity contribution in [2.24, 2.45) is 11.8 Å². The molecule has 0 spiro atoms. The lowest BCUT2D eigenvalue weighted by molar-refractivity contribution is -0.128. The summed E-state index contributed by atoms with van der Waals surface area (Å²) in [5.41, 5.74) is 0. The van der Waals surface area contributed by atoms with Crippen molar-refractivity contribution in [1.29, 1.82) is 0 Å². The van der Waals surface area contributed by atoms with Gasteiger partial charge in [0, 0.05) is 33.1 Å². The Morgan fingerprint density at radius 2 is 2.00 bits per heavy atom. The van der Waals surface area contributed by atoms with Gasteiger partial charge in [-0.3, -0.25) is 4.79 Å². The Morgan fingerprint density at radius 1 is 1.40 bits per heavy atom. The summed E-state index contributed by atoms with van der Waals surface area (Å²) in [5, 5.41) is 3.44. The summed E-state index contributed by atoms with van der Waals surface area (Å²) >= 11 is 0. The highest BCUT2D eigenvalue weighted by molar-refractivity contribution is 5.75. The summed E-state index contributed by atoms with van der Waals surface area (Å²) in [6.45, 7) is 5.40. The van der Waals surface area contributed by atoms with Gasteiger partial charge in [0.15, 0.2) is 0 Å². The Balaban J connectivity index is 2.02. The summed E-state index contributed by atoms with van der Waals surface area (Å²) < 4.78 is 0. The topological polar surface area (TPSA) is 32.3 Å². The van der Waals surface area contributed by atoms with E-state index >= 15 is 0 Å². The van der Waals surface area contributed by atoms with E-state index in [1.54, 1.807) is 19.0 Å². The smallest absolute Gasteiger partial charge is 0.223 e. The Morgan fingerprint density at radius 3 is 2.47 bits per heavy atom. The standard InChI is InChI=1S/C12H24N2O/c1-9(2)10-7-11(8-10)13-6-5-12(15)14(3)4/h9-11,13H,5-8H2,1-4H3. The van der Waals surface area contributed by atoms with Crippen LogP contribution in [0.15, 0.2) is 0 Å². The molecule has 1 saturated carbocycles. The van der Waals surface area contributed by atoms with Crippen LogP contribution in [0.4, 0.5) is 0 Å². The van der Waals surface area contributed by atoms with Crippen molar-refractivity contribution < 1.29 is 4.79 Å². The van der Waals surface area contributed by atoms with E-state index in [1.807, 2.05) is 0 Å². The van der Waals surface area contributed by atoms with Crippen molar-refractivity contribution in [3.8, 4) is 0 Å². The van der Waals surface area contributed by atoms with Crippen LogP contribution in [0.25, 0.3) is 0 Å². The molecule has 88 valence electrons. The van der Waals surface area contributed by atoms with Crippen LogP contribution in [0.5, 0.6) is 0 Å². The second kappa shape index (κ2) is 5.50. The summed E-state index contributed by atoms with van der Waals surface area (Å²) in [5.74, 6) is 1.92. The first kappa shape index (κ1) is 12.5. The number of hydrogen-bond acceptors (Lipinski definition) is 2. The van der Waals surface area contributed by atoms with Gasteiger partial charge >= 0.3 is 0 Å². The van der Waals surface area contributed by atoms with E-state index in [1.165, 1.54) is 12.8 Å². The average molecular weight is 212 g/mol. The van der Waals surface area contributed by atoms with Crippen LogP contribution in [-0.2, 0) is 4.79 Å². The van der Waals surface area contributed by atoms with Crippen LogP contribution in [0.3, 0.4) is 0 Å². The Hall–Kier alpha value is -0.570. The fourth-order valence-corrected chi connectivity index (χ4v) is 1.98. The molecule has 3 nitrogen and oxygen atoms in total. The molecule has 1 N–H and O–H groups in total. The first-order valence-corrected chi connectivity index (χ1v) is 5.94. The fourth-order valence-electron chi connectivity index (χ4n) is 1.98. The normalized spacial score (nSPS) is 25.1. The van der Waals surface area contributed by atoms with Crippen molar-refractivity contribution in [1.82, 2.24) is 10.2 Å². The first-order valence-electron chi connectivity index (χ1n) is 5.94. The third-order valence-corrected chi connectivity index (χ3v) is 3.39. The molecule has 1 fully saturated rings. The van der Waals surface area contributed by atoms with E-state index in [0.29, 0.717) is 12.5 Å². The van der Waals surface area contributed by atoms with E-state index in [-0.39, 0.29) is 5.91 Å². The SMILES string of the molecule is CC(C)C1CC(NCCC(=O)N(C)C)C1. The molecule has 0 heterocycles. The zero-order valence-corrected chi connectivity index (χ0v) is 10.4. The van der Waals surface area contributed by atoms with Gasteiger partial charge in [-0.25, -0.2) is 0 Å². The molecule has 0 aromatic heterocycles. The molecule has 15 heavy (non-hydrogen) atoms. The Labute approximate surface area is 93.2 Å². The molecule has 0 atom stereocenters. The van der Waals surface area contributed by atoms with Gasteiger partial charge < -0.3 is 10.2 Å². The molecular formula is C12H24N2O. The first-order chi connectivity index (χ1) is 7.00. The second-order valence-corrected chi connectivity index (χ2v) is 5.16. The molecule has 1 rings (SSSR count). The minimum atomic E-state index is 0.210. The highest BCUT2D eigenvalue weighted by Crippen LogP contribution is 2.33. The van der Waals surface area contributed by atoms with Crippen LogP contribution in [0.1, 0.15) is 33.1 Å². The monoisotopic (exact) mass is 212 g/mol. The summed E-state index contributed by atoms with van der Waals surface area (Å²) in [7, 11) is 3.61. The number of carbonyl (C=O) groups excluding carboxylic acids is 1. The van der Waals surface area contributed by atoms with E-state index < -0.39 is 0 Å². The van der Waals surface area contributed by atoms with Crippen molar-refractivity contribution in [2.45, 2.75) is 39.2 Å². The van der Waals surface area contributed by atoms with E-state index in [2.05, 4.69) is 19.2 Å². The van der Waals surface area contributed by atoms with Crippen LogP contribution in [0, 0.1) is 11.8 Å². The molecule has 1 aliphatic carbocycles. The quantitative estimate of drug-likeness (QED) is 0.749. The van der Waals surface area contributed by atoms with E-state index in [0.717, 1.165) is 18.4 Å². The molecule has 0 aromatic carbocycles. The lowest BCUT2D eigenvalue weighted by atomic mass is 9.74. The third kappa shape index (κ3) is 3.82. The fraction of sp³-hybridized carbons (Fsp3) is 0.917. The third-order valence-electron chi connectivity index (χ3n) is 3.39. The van der Waals surface area contributed by atoms with Gasteiger partial charge in [-0.2, -0.15) is 0 Å². The van der Waals surface area contributed by atoms with Crippen LogP contribution in [-0.4, -0.2) is 37.5 Å². The molecule has 0 aromatic rings. The van der Waals surface area contributed by atoms with E-state index in [9.17, 15) is 4.79 Å². The minimum Gasteiger partial charge on any atom is -0.349 e. The number of rotatable bonds is 5. The molecule has 0 aliphatic heterocycles. The molecular weight excluding hydrogens is 188 g/mol. The van der Waals surface area contributed by atoms with Gasteiger partial charge in [-0.05, 0) is 24.7 Å². The van der Waals surface area contributed by atoms with Gasteiger partial charge in [-0.1, -0.05) is 13.8 Å². The lowest BCUT2D eigenvalue weighted by Gasteiger charge is -2.38. The molecule has 0 saturated heterocycles. The zero-order chi connectivity index (χ0) is 11.4. The average Bonchev–Trinajstić information content (AvgIpc) is 2.07. The van der Waals surface area contributed by atoms with Gasteiger partial charge in [0.25, 0.3) is 0 Å². The largest absolute Gasteiger partial charge is 0.349 e. The van der Waals surface area contributed by atoms with Crippen molar-refractivity contribution in [3.63, 3.8) is 0 Å². The van der Waals surface area contributed by atoms with Crippen LogP contribution >= 0.6 is 0 Å². The Bertz CT molecular complexity index is 208. The highest BCUT2D eigenvalue weighted by atomic mass is 16.2. The lowest BCUT2D eigenvalue weighted by Crippen LogP contribution is -2.44. The highest BCUT2D eigenvalue weighted by Gasteiger charge is 2.30. The number of nitrogens with one attached hydrogen (secondary N) is 1. The van der Waals surface area contributed by atoms with Gasteiger partial charge in [0.1, 0.15) is 0 Å². The number of nitrogens with zero attached hydrogens (tertiary/aromatic N) is 1. The Kier molecular flexibility index (Phi) is 4.58. The van der Waals surface area contributed by atoms with Crippen LogP contribution in [0.2, 0.25) is 0 Å². The molecule has 3 heteroatoms. The van der Waals surface area contributed by atoms with Gasteiger partial charge in [0.05, 0.1) is 0 Å². The molecule has 0 bridgehead atoms.